The van der Waals surface area contributed by atoms with Gasteiger partial charge in [-0.15, -0.1) is 0 Å². The van der Waals surface area contributed by atoms with E-state index < -0.39 is 0 Å². The van der Waals surface area contributed by atoms with Crippen molar-refractivity contribution in [2.24, 2.45) is 18.4 Å². The molecule has 0 radical (unpaired) electrons. The van der Waals surface area contributed by atoms with Crippen molar-refractivity contribution in [2.75, 3.05) is 33.2 Å². The van der Waals surface area contributed by atoms with Crippen molar-refractivity contribution in [2.45, 2.75) is 6.54 Å². The van der Waals surface area contributed by atoms with Crippen molar-refractivity contribution in [3.05, 3.63) is 53.9 Å². The van der Waals surface area contributed by atoms with Crippen molar-refractivity contribution < 1.29 is 9.59 Å². The molecule has 7 nitrogen and oxygen atoms in total. The topological polar surface area (TPSA) is 70.5 Å². The third-order valence-electron chi connectivity index (χ3n) is 5.76. The highest BCUT2D eigenvalue weighted by molar-refractivity contribution is 5.93. The molecule has 0 saturated carbocycles. The van der Waals surface area contributed by atoms with E-state index in [9.17, 15) is 9.59 Å². The molecule has 1 spiro atoms. The van der Waals surface area contributed by atoms with Gasteiger partial charge in [0.1, 0.15) is 5.69 Å². The van der Waals surface area contributed by atoms with E-state index in [2.05, 4.69) is 27.4 Å². The van der Waals surface area contributed by atoms with Gasteiger partial charge in [0, 0.05) is 58.4 Å². The SMILES string of the molecule is CNC(=O)C1CN(Cc2ccccc2)CC12CN(C(=O)c1ccn(C)n1)C2. The fourth-order valence-corrected chi connectivity index (χ4v) is 4.44. The Kier molecular flexibility index (Phi) is 4.47. The van der Waals surface area contributed by atoms with Crippen molar-refractivity contribution in [3.8, 4) is 0 Å². The van der Waals surface area contributed by atoms with Crippen molar-refractivity contribution in [3.63, 3.8) is 0 Å². The van der Waals surface area contributed by atoms with Gasteiger partial charge in [0.15, 0.2) is 0 Å². The zero-order chi connectivity index (χ0) is 19.0. The van der Waals surface area contributed by atoms with Crippen LogP contribution in [0.5, 0.6) is 0 Å². The van der Waals surface area contributed by atoms with Gasteiger partial charge in [-0.3, -0.25) is 19.2 Å². The Balaban J connectivity index is 1.47. The predicted octanol–water partition coefficient (Wildman–Crippen LogP) is 0.740. The monoisotopic (exact) mass is 367 g/mol. The van der Waals surface area contributed by atoms with E-state index in [-0.39, 0.29) is 23.1 Å². The highest BCUT2D eigenvalue weighted by Gasteiger charge is 2.57. The number of amides is 2. The summed E-state index contributed by atoms with van der Waals surface area (Å²) >= 11 is 0. The Morgan fingerprint density at radius 3 is 2.56 bits per heavy atom. The normalized spacial score (nSPS) is 21.3. The van der Waals surface area contributed by atoms with Gasteiger partial charge < -0.3 is 10.2 Å². The molecule has 2 aliphatic rings. The fourth-order valence-electron chi connectivity index (χ4n) is 4.44. The van der Waals surface area contributed by atoms with Gasteiger partial charge in [-0.25, -0.2) is 0 Å². The third kappa shape index (κ3) is 3.23. The number of nitrogens with one attached hydrogen (secondary N) is 1. The third-order valence-corrected chi connectivity index (χ3v) is 5.76. The Morgan fingerprint density at radius 1 is 1.19 bits per heavy atom. The van der Waals surface area contributed by atoms with Crippen LogP contribution in [0.3, 0.4) is 0 Å². The summed E-state index contributed by atoms with van der Waals surface area (Å²) in [5.74, 6) is -0.0899. The van der Waals surface area contributed by atoms with E-state index in [1.54, 1.807) is 31.0 Å². The lowest BCUT2D eigenvalue weighted by atomic mass is 9.71. The summed E-state index contributed by atoms with van der Waals surface area (Å²) in [6.07, 6.45) is 1.77. The standard InChI is InChI=1S/C20H25N5O2/c1-21-18(26)16-11-24(10-15-6-4-3-5-7-15)12-20(16)13-25(14-20)19(27)17-8-9-23(2)22-17/h3-9,16H,10-14H2,1-2H3,(H,21,26). The summed E-state index contributed by atoms with van der Waals surface area (Å²) in [5, 5.41) is 7.01. The Hall–Kier alpha value is -2.67. The van der Waals surface area contributed by atoms with Crippen LogP contribution >= 0.6 is 0 Å². The maximum absolute atomic E-state index is 12.6. The molecule has 27 heavy (non-hydrogen) atoms. The van der Waals surface area contributed by atoms with Crippen LogP contribution in [0.1, 0.15) is 16.1 Å². The first kappa shape index (κ1) is 17.7. The lowest BCUT2D eigenvalue weighted by Gasteiger charge is -2.50. The molecule has 0 bridgehead atoms. The van der Waals surface area contributed by atoms with Crippen molar-refractivity contribution in [1.29, 1.82) is 0 Å². The number of nitrogens with zero attached hydrogens (tertiary/aromatic N) is 4. The molecule has 1 atom stereocenters. The van der Waals surface area contributed by atoms with Crippen molar-refractivity contribution >= 4 is 11.8 Å². The molecule has 4 rings (SSSR count). The van der Waals surface area contributed by atoms with Crippen LogP contribution in [0.15, 0.2) is 42.6 Å². The van der Waals surface area contributed by atoms with Gasteiger partial charge in [-0.05, 0) is 11.6 Å². The summed E-state index contributed by atoms with van der Waals surface area (Å²) in [5.41, 5.74) is 1.54. The molecule has 2 aliphatic heterocycles. The highest BCUT2D eigenvalue weighted by atomic mass is 16.2. The minimum Gasteiger partial charge on any atom is -0.359 e. The first-order valence-electron chi connectivity index (χ1n) is 9.27. The van der Waals surface area contributed by atoms with E-state index >= 15 is 0 Å². The zero-order valence-corrected chi connectivity index (χ0v) is 15.8. The molecular weight excluding hydrogens is 342 g/mol. The van der Waals surface area contributed by atoms with Gasteiger partial charge >= 0.3 is 0 Å². The molecule has 0 aliphatic carbocycles. The van der Waals surface area contributed by atoms with E-state index in [1.165, 1.54) is 5.56 Å². The average Bonchev–Trinajstić information content (AvgIpc) is 3.24. The fraction of sp³-hybridized carbons (Fsp3) is 0.450. The van der Waals surface area contributed by atoms with Gasteiger partial charge in [-0.2, -0.15) is 5.10 Å². The number of likely N-dealkylation sites (tertiary alicyclic amines) is 2. The quantitative estimate of drug-likeness (QED) is 0.865. The molecule has 2 aromatic rings. The number of carbonyl (C=O) groups is 2. The largest absolute Gasteiger partial charge is 0.359 e. The van der Waals surface area contributed by atoms with Crippen LogP contribution in [-0.2, 0) is 18.4 Å². The zero-order valence-electron chi connectivity index (χ0n) is 15.8. The number of carbonyl (C=O) groups excluding carboxylic acids is 2. The molecule has 7 heteroatoms. The second kappa shape index (κ2) is 6.81. The molecule has 1 N–H and O–H groups in total. The van der Waals surface area contributed by atoms with Crippen molar-refractivity contribution in [1.82, 2.24) is 24.9 Å². The number of rotatable bonds is 4. The first-order chi connectivity index (χ1) is 13.0. The van der Waals surface area contributed by atoms with E-state index in [0.29, 0.717) is 18.8 Å². The maximum Gasteiger partial charge on any atom is 0.274 e. The maximum atomic E-state index is 12.6. The molecule has 1 aromatic carbocycles. The summed E-state index contributed by atoms with van der Waals surface area (Å²) in [6.45, 7) is 3.58. The van der Waals surface area contributed by atoms with Crippen LogP contribution in [0.4, 0.5) is 0 Å². The minimum absolute atomic E-state index is 0.0570. The van der Waals surface area contributed by atoms with Crippen LogP contribution in [0, 0.1) is 11.3 Å². The number of benzene rings is 1. The lowest BCUT2D eigenvalue weighted by molar-refractivity contribution is -0.130. The number of aromatic nitrogens is 2. The molecular formula is C20H25N5O2. The van der Waals surface area contributed by atoms with E-state index in [4.69, 9.17) is 0 Å². The average molecular weight is 367 g/mol. The van der Waals surface area contributed by atoms with Gasteiger partial charge in [0.2, 0.25) is 5.91 Å². The minimum atomic E-state index is -0.167. The van der Waals surface area contributed by atoms with E-state index in [0.717, 1.165) is 19.6 Å². The molecule has 1 aromatic heterocycles. The summed E-state index contributed by atoms with van der Waals surface area (Å²) in [7, 11) is 3.49. The second-order valence-electron chi connectivity index (χ2n) is 7.72. The van der Waals surface area contributed by atoms with Crippen LogP contribution in [0.25, 0.3) is 0 Å². The Bertz CT molecular complexity index is 841. The summed E-state index contributed by atoms with van der Waals surface area (Å²) in [4.78, 5) is 29.3. The number of hydrogen-bond acceptors (Lipinski definition) is 4. The van der Waals surface area contributed by atoms with Crippen LogP contribution < -0.4 is 5.32 Å². The van der Waals surface area contributed by atoms with E-state index in [1.807, 2.05) is 23.1 Å². The smallest absolute Gasteiger partial charge is 0.274 e. The molecule has 142 valence electrons. The van der Waals surface area contributed by atoms with Crippen LogP contribution in [0.2, 0.25) is 0 Å². The summed E-state index contributed by atoms with van der Waals surface area (Å²) in [6, 6.07) is 12.0. The van der Waals surface area contributed by atoms with Gasteiger partial charge in [-0.1, -0.05) is 30.3 Å². The second-order valence-corrected chi connectivity index (χ2v) is 7.72. The van der Waals surface area contributed by atoms with Gasteiger partial charge in [0.25, 0.3) is 5.91 Å². The molecule has 1 unspecified atom stereocenters. The molecule has 3 heterocycles. The number of hydrogen-bond donors (Lipinski definition) is 1. The summed E-state index contributed by atoms with van der Waals surface area (Å²) < 4.78 is 1.63. The molecule has 2 fully saturated rings. The highest BCUT2D eigenvalue weighted by Crippen LogP contribution is 2.44. The molecule has 2 saturated heterocycles. The predicted molar refractivity (Wildman–Crippen MR) is 101 cm³/mol. The number of aryl methyl sites for hydroxylation is 1. The van der Waals surface area contributed by atoms with Crippen LogP contribution in [-0.4, -0.2) is 64.6 Å². The lowest BCUT2D eigenvalue weighted by Crippen LogP contribution is -2.64. The van der Waals surface area contributed by atoms with Gasteiger partial charge in [0.05, 0.1) is 5.92 Å². The Labute approximate surface area is 158 Å². The molecule has 2 amide bonds. The Morgan fingerprint density at radius 2 is 1.93 bits per heavy atom. The first-order valence-corrected chi connectivity index (χ1v) is 9.27.